The molecule has 3 rings (SSSR count). The first-order valence-electron chi connectivity index (χ1n) is 6.83. The van der Waals surface area contributed by atoms with E-state index in [-0.39, 0.29) is 5.76 Å². The molecule has 23 heavy (non-hydrogen) atoms. The molecule has 116 valence electrons. The minimum atomic E-state index is -0.499. The second-order valence-corrected chi connectivity index (χ2v) is 4.98. The fourth-order valence-electron chi connectivity index (χ4n) is 2.15. The monoisotopic (exact) mass is 314 g/mol. The molecule has 0 unspecified atom stereocenters. The molecular formula is C17H12F2N2O2. The molecule has 1 N–H and O–H groups in total. The number of rotatable bonds is 3. The Kier molecular flexibility index (Phi) is 3.89. The number of nitrogens with one attached hydrogen (secondary N) is 1. The van der Waals surface area contributed by atoms with Crippen LogP contribution in [0.3, 0.4) is 0 Å². The zero-order valence-corrected chi connectivity index (χ0v) is 12.1. The summed E-state index contributed by atoms with van der Waals surface area (Å²) in [5.74, 6) is -1.30. The second kappa shape index (κ2) is 6.00. The van der Waals surface area contributed by atoms with E-state index in [0.29, 0.717) is 22.5 Å². The maximum Gasteiger partial charge on any atom is 0.294 e. The van der Waals surface area contributed by atoms with Crippen molar-refractivity contribution in [3.8, 4) is 11.1 Å². The Balaban J connectivity index is 1.96. The molecule has 0 atom stereocenters. The van der Waals surface area contributed by atoms with E-state index in [0.717, 1.165) is 0 Å². The van der Waals surface area contributed by atoms with Gasteiger partial charge in [-0.3, -0.25) is 4.79 Å². The number of carbonyl (C=O) groups is 1. The van der Waals surface area contributed by atoms with Crippen LogP contribution < -0.4 is 5.32 Å². The fourth-order valence-corrected chi connectivity index (χ4v) is 2.15. The number of halogens is 2. The Labute approximate surface area is 130 Å². The van der Waals surface area contributed by atoms with Crippen LogP contribution in [0.25, 0.3) is 11.1 Å². The number of benzene rings is 2. The van der Waals surface area contributed by atoms with Crippen molar-refractivity contribution < 1.29 is 18.1 Å². The summed E-state index contributed by atoms with van der Waals surface area (Å²) in [6.45, 7) is 1.70. The molecule has 0 radical (unpaired) electrons. The Hall–Kier alpha value is -3.02. The summed E-state index contributed by atoms with van der Waals surface area (Å²) >= 11 is 0. The number of aromatic nitrogens is 1. The van der Waals surface area contributed by atoms with Crippen LogP contribution in [0.4, 0.5) is 14.5 Å². The average Bonchev–Trinajstić information content (AvgIpc) is 2.96. The predicted octanol–water partition coefficient (Wildman–Crippen LogP) is 4.18. The zero-order valence-electron chi connectivity index (χ0n) is 12.1. The van der Waals surface area contributed by atoms with E-state index >= 15 is 0 Å². The van der Waals surface area contributed by atoms with Gasteiger partial charge in [-0.25, -0.2) is 8.78 Å². The molecule has 0 bridgehead atoms. The number of hydrogen-bond donors (Lipinski definition) is 1. The molecular weight excluding hydrogens is 302 g/mol. The smallest absolute Gasteiger partial charge is 0.294 e. The summed E-state index contributed by atoms with van der Waals surface area (Å²) in [6.07, 6.45) is 0. The van der Waals surface area contributed by atoms with Gasteiger partial charge in [-0.2, -0.15) is 0 Å². The number of carbonyl (C=O) groups excluding carboxylic acids is 1. The van der Waals surface area contributed by atoms with E-state index in [1.165, 1.54) is 48.5 Å². The van der Waals surface area contributed by atoms with Crippen molar-refractivity contribution in [2.75, 3.05) is 5.32 Å². The highest BCUT2D eigenvalue weighted by molar-refractivity contribution is 6.04. The molecule has 0 spiro atoms. The summed E-state index contributed by atoms with van der Waals surface area (Å²) in [7, 11) is 0. The van der Waals surface area contributed by atoms with Gasteiger partial charge in [0.15, 0.2) is 0 Å². The highest BCUT2D eigenvalue weighted by Crippen LogP contribution is 2.29. The summed E-state index contributed by atoms with van der Waals surface area (Å²) in [5.41, 5.74) is 1.98. The summed E-state index contributed by atoms with van der Waals surface area (Å²) < 4.78 is 31.5. The van der Waals surface area contributed by atoms with Gasteiger partial charge in [0.25, 0.3) is 5.91 Å². The first-order chi connectivity index (χ1) is 11.0. The topological polar surface area (TPSA) is 55.1 Å². The summed E-state index contributed by atoms with van der Waals surface area (Å²) in [6, 6.07) is 11.0. The molecule has 1 amide bonds. The third kappa shape index (κ3) is 3.26. The van der Waals surface area contributed by atoms with Crippen molar-refractivity contribution in [3.63, 3.8) is 0 Å². The Bertz CT molecular complexity index is 857. The number of aryl methyl sites for hydroxylation is 1. The lowest BCUT2D eigenvalue weighted by Gasteiger charge is -2.10. The van der Waals surface area contributed by atoms with Crippen LogP contribution in [-0.2, 0) is 0 Å². The van der Waals surface area contributed by atoms with Crippen LogP contribution in [0.1, 0.15) is 16.2 Å². The first-order valence-corrected chi connectivity index (χ1v) is 6.83. The predicted molar refractivity (Wildman–Crippen MR) is 81.0 cm³/mol. The minimum Gasteiger partial charge on any atom is -0.351 e. The minimum absolute atomic E-state index is 0.0527. The maximum absolute atomic E-state index is 13.6. The van der Waals surface area contributed by atoms with Crippen molar-refractivity contribution in [3.05, 3.63) is 71.6 Å². The quantitative estimate of drug-likeness (QED) is 0.789. The molecule has 0 saturated carbocycles. The van der Waals surface area contributed by atoms with Crippen LogP contribution in [-0.4, -0.2) is 11.1 Å². The van der Waals surface area contributed by atoms with Crippen LogP contribution >= 0.6 is 0 Å². The van der Waals surface area contributed by atoms with Crippen LogP contribution in [0.15, 0.2) is 53.1 Å². The van der Waals surface area contributed by atoms with Gasteiger partial charge >= 0.3 is 0 Å². The zero-order chi connectivity index (χ0) is 16.4. The lowest BCUT2D eigenvalue weighted by molar-refractivity contribution is 0.0988. The van der Waals surface area contributed by atoms with Crippen molar-refractivity contribution in [1.82, 2.24) is 5.16 Å². The average molecular weight is 314 g/mol. The molecule has 6 heteroatoms. The van der Waals surface area contributed by atoms with Crippen LogP contribution in [0, 0.1) is 18.6 Å². The Morgan fingerprint density at radius 1 is 1.04 bits per heavy atom. The van der Waals surface area contributed by atoms with E-state index in [1.807, 2.05) is 0 Å². The summed E-state index contributed by atoms with van der Waals surface area (Å²) in [5, 5.41) is 6.29. The molecule has 0 fully saturated rings. The molecule has 0 aliphatic heterocycles. The third-order valence-corrected chi connectivity index (χ3v) is 3.24. The Morgan fingerprint density at radius 3 is 2.39 bits per heavy atom. The Morgan fingerprint density at radius 2 is 1.74 bits per heavy atom. The van der Waals surface area contributed by atoms with E-state index in [9.17, 15) is 13.6 Å². The standard InChI is InChI=1S/C17H12F2N2O2/c1-10-8-16(23-21-10)17(22)20-15-7-6-13(19)9-14(15)11-2-4-12(18)5-3-11/h2-9H,1H3,(H,20,22). The normalized spacial score (nSPS) is 10.6. The van der Waals surface area contributed by atoms with Gasteiger partial charge in [0, 0.05) is 17.3 Å². The number of amides is 1. The number of anilines is 1. The van der Waals surface area contributed by atoms with Crippen molar-refractivity contribution in [2.45, 2.75) is 6.92 Å². The molecule has 1 heterocycles. The highest BCUT2D eigenvalue weighted by Gasteiger charge is 2.15. The molecule has 2 aromatic carbocycles. The van der Waals surface area contributed by atoms with Gasteiger partial charge in [0.1, 0.15) is 11.6 Å². The van der Waals surface area contributed by atoms with Gasteiger partial charge in [-0.15, -0.1) is 0 Å². The van der Waals surface area contributed by atoms with Crippen molar-refractivity contribution in [2.24, 2.45) is 0 Å². The molecule has 3 aromatic rings. The van der Waals surface area contributed by atoms with E-state index in [4.69, 9.17) is 4.52 Å². The molecule has 0 saturated heterocycles. The van der Waals surface area contributed by atoms with Gasteiger partial charge in [-0.1, -0.05) is 17.3 Å². The van der Waals surface area contributed by atoms with Gasteiger partial charge in [0.05, 0.1) is 5.69 Å². The van der Waals surface area contributed by atoms with E-state index in [2.05, 4.69) is 10.5 Å². The van der Waals surface area contributed by atoms with Crippen molar-refractivity contribution >= 4 is 11.6 Å². The molecule has 1 aromatic heterocycles. The molecule has 0 aliphatic carbocycles. The number of hydrogen-bond acceptors (Lipinski definition) is 3. The molecule has 0 aliphatic rings. The summed E-state index contributed by atoms with van der Waals surface area (Å²) in [4.78, 5) is 12.2. The van der Waals surface area contributed by atoms with Gasteiger partial charge in [-0.05, 0) is 42.8 Å². The first kappa shape index (κ1) is 14.9. The molecule has 4 nitrogen and oxygen atoms in total. The van der Waals surface area contributed by atoms with E-state index < -0.39 is 17.5 Å². The maximum atomic E-state index is 13.6. The fraction of sp³-hybridized carbons (Fsp3) is 0.0588. The lowest BCUT2D eigenvalue weighted by Crippen LogP contribution is -2.11. The van der Waals surface area contributed by atoms with Gasteiger partial charge in [0.2, 0.25) is 5.76 Å². The van der Waals surface area contributed by atoms with Crippen LogP contribution in [0.2, 0.25) is 0 Å². The highest BCUT2D eigenvalue weighted by atomic mass is 19.1. The van der Waals surface area contributed by atoms with Gasteiger partial charge < -0.3 is 9.84 Å². The SMILES string of the molecule is Cc1cc(C(=O)Nc2ccc(F)cc2-c2ccc(F)cc2)on1. The van der Waals surface area contributed by atoms with Crippen LogP contribution in [0.5, 0.6) is 0 Å². The third-order valence-electron chi connectivity index (χ3n) is 3.24. The van der Waals surface area contributed by atoms with E-state index in [1.54, 1.807) is 6.92 Å². The lowest BCUT2D eigenvalue weighted by atomic mass is 10.0. The number of nitrogens with zero attached hydrogens (tertiary/aromatic N) is 1. The largest absolute Gasteiger partial charge is 0.351 e. The van der Waals surface area contributed by atoms with Crippen molar-refractivity contribution in [1.29, 1.82) is 0 Å². The second-order valence-electron chi connectivity index (χ2n) is 4.98.